The van der Waals surface area contributed by atoms with Crippen LogP contribution in [0.5, 0.6) is 0 Å². The summed E-state index contributed by atoms with van der Waals surface area (Å²) in [4.78, 5) is 25.7. The van der Waals surface area contributed by atoms with Gasteiger partial charge < -0.3 is 9.64 Å². The first-order chi connectivity index (χ1) is 11.3. The van der Waals surface area contributed by atoms with E-state index in [2.05, 4.69) is 0 Å². The van der Waals surface area contributed by atoms with Crippen LogP contribution >= 0.6 is 0 Å². The van der Waals surface area contributed by atoms with Crippen molar-refractivity contribution >= 4 is 11.8 Å². The number of ketones is 1. The minimum Gasteiger partial charge on any atom is -0.467 e. The molecule has 1 heterocycles. The first kappa shape index (κ1) is 17.3. The number of esters is 1. The van der Waals surface area contributed by atoms with Crippen LogP contribution < -0.4 is 0 Å². The summed E-state index contributed by atoms with van der Waals surface area (Å²) in [7, 11) is 1.28. The van der Waals surface area contributed by atoms with Crippen LogP contribution in [0.4, 0.5) is 13.2 Å². The predicted molar refractivity (Wildman–Crippen MR) is 80.0 cm³/mol. The molecule has 2 aliphatic carbocycles. The molecule has 3 rings (SSSR count). The third-order valence-corrected chi connectivity index (χ3v) is 5.69. The lowest BCUT2D eigenvalue weighted by Gasteiger charge is -2.51. The molecule has 7 heteroatoms. The van der Waals surface area contributed by atoms with Crippen molar-refractivity contribution in [2.75, 3.05) is 13.7 Å². The monoisotopic (exact) mass is 345 g/mol. The van der Waals surface area contributed by atoms with Crippen molar-refractivity contribution in [2.45, 2.75) is 63.6 Å². The van der Waals surface area contributed by atoms with E-state index in [0.717, 1.165) is 19.3 Å². The van der Waals surface area contributed by atoms with E-state index in [-0.39, 0.29) is 5.57 Å². The number of hydrogen-bond acceptors (Lipinski definition) is 4. The Hall–Kier alpha value is -1.53. The summed E-state index contributed by atoms with van der Waals surface area (Å²) in [5.74, 6) is -2.16. The van der Waals surface area contributed by atoms with Crippen LogP contribution in [-0.2, 0) is 14.3 Å². The molecule has 0 aromatic rings. The average molecular weight is 345 g/mol. The molecule has 1 spiro atoms. The quantitative estimate of drug-likeness (QED) is 0.736. The molecule has 2 fully saturated rings. The first-order valence-corrected chi connectivity index (χ1v) is 8.50. The molecule has 24 heavy (non-hydrogen) atoms. The van der Waals surface area contributed by atoms with Gasteiger partial charge in [-0.25, -0.2) is 4.79 Å². The number of hydrogen-bond donors (Lipinski definition) is 0. The van der Waals surface area contributed by atoms with E-state index in [0.29, 0.717) is 44.3 Å². The molecule has 0 amide bonds. The van der Waals surface area contributed by atoms with Gasteiger partial charge in [0.1, 0.15) is 6.04 Å². The zero-order valence-electron chi connectivity index (χ0n) is 13.7. The van der Waals surface area contributed by atoms with Crippen LogP contribution in [0, 0.1) is 5.41 Å². The Morgan fingerprint density at radius 2 is 1.83 bits per heavy atom. The van der Waals surface area contributed by atoms with Crippen LogP contribution in [0.25, 0.3) is 0 Å². The van der Waals surface area contributed by atoms with Crippen molar-refractivity contribution in [2.24, 2.45) is 5.41 Å². The fraction of sp³-hybridized carbons (Fsp3) is 0.765. The fourth-order valence-corrected chi connectivity index (χ4v) is 4.58. The lowest BCUT2D eigenvalue weighted by molar-refractivity contribution is -0.169. The number of likely N-dealkylation sites (tertiary alicyclic amines) is 1. The van der Waals surface area contributed by atoms with E-state index in [1.165, 1.54) is 7.11 Å². The number of Topliss-reactive ketones (excluding diaryl/α,β-unsaturated/α-hetero) is 1. The second-order valence-corrected chi connectivity index (χ2v) is 7.04. The van der Waals surface area contributed by atoms with E-state index in [9.17, 15) is 22.8 Å². The number of carbonyl (C=O) groups excluding carboxylic acids is 2. The number of ether oxygens (including phenoxy) is 1. The molecule has 0 N–H and O–H groups in total. The minimum atomic E-state index is -4.87. The van der Waals surface area contributed by atoms with Crippen LogP contribution in [0.3, 0.4) is 0 Å². The summed E-state index contributed by atoms with van der Waals surface area (Å²) in [5, 5.41) is 0. The predicted octanol–water partition coefficient (Wildman–Crippen LogP) is 3.36. The highest BCUT2D eigenvalue weighted by atomic mass is 19.4. The zero-order chi connectivity index (χ0) is 17.5. The number of allylic oxidation sites excluding steroid dienone is 2. The van der Waals surface area contributed by atoms with Gasteiger partial charge in [-0.1, -0.05) is 19.3 Å². The standard InChI is InChI=1S/C17H22F3NO3/c1-24-15(23)11-6-5-9-21(11)12-10-16(7-3-2-4-8-16)13(12)14(22)17(18,19)20/h11H,2-10H2,1H3. The Balaban J connectivity index is 1.98. The van der Waals surface area contributed by atoms with E-state index >= 15 is 0 Å². The molecule has 1 saturated carbocycles. The van der Waals surface area contributed by atoms with Gasteiger partial charge in [0, 0.05) is 23.2 Å². The fourth-order valence-electron chi connectivity index (χ4n) is 4.58. The summed E-state index contributed by atoms with van der Waals surface area (Å²) in [5.41, 5.74) is -0.290. The lowest BCUT2D eigenvalue weighted by Crippen LogP contribution is -2.50. The van der Waals surface area contributed by atoms with Crippen molar-refractivity contribution in [3.05, 3.63) is 11.3 Å². The van der Waals surface area contributed by atoms with E-state index < -0.39 is 29.4 Å². The van der Waals surface area contributed by atoms with Gasteiger partial charge in [-0.15, -0.1) is 0 Å². The number of carbonyl (C=O) groups is 2. The Morgan fingerprint density at radius 3 is 2.42 bits per heavy atom. The highest BCUT2D eigenvalue weighted by molar-refractivity contribution is 6.03. The lowest BCUT2D eigenvalue weighted by atomic mass is 9.57. The highest BCUT2D eigenvalue weighted by Gasteiger charge is 2.57. The Morgan fingerprint density at radius 1 is 1.17 bits per heavy atom. The van der Waals surface area contributed by atoms with Gasteiger partial charge in [-0.3, -0.25) is 4.79 Å². The van der Waals surface area contributed by atoms with Crippen LogP contribution in [-0.4, -0.2) is 42.5 Å². The molecule has 3 aliphatic rings. The average Bonchev–Trinajstić information content (AvgIpc) is 3.01. The highest BCUT2D eigenvalue weighted by Crippen LogP contribution is 2.58. The number of rotatable bonds is 3. The molecular weight excluding hydrogens is 323 g/mol. The molecule has 134 valence electrons. The Labute approximate surface area is 139 Å². The maximum atomic E-state index is 13.1. The van der Waals surface area contributed by atoms with Gasteiger partial charge in [0.05, 0.1) is 7.11 Å². The van der Waals surface area contributed by atoms with E-state index in [4.69, 9.17) is 4.74 Å². The van der Waals surface area contributed by atoms with E-state index in [1.54, 1.807) is 4.90 Å². The molecule has 0 aromatic heterocycles. The van der Waals surface area contributed by atoms with Crippen molar-refractivity contribution in [3.63, 3.8) is 0 Å². The zero-order valence-corrected chi connectivity index (χ0v) is 13.7. The molecule has 1 saturated heterocycles. The van der Waals surface area contributed by atoms with Crippen molar-refractivity contribution in [3.8, 4) is 0 Å². The SMILES string of the molecule is COC(=O)C1CCCN1C1=C(C(=O)C(F)(F)F)C2(CCCCC2)C1. The third-order valence-electron chi connectivity index (χ3n) is 5.69. The number of halogens is 3. The minimum absolute atomic E-state index is 0.0782. The summed E-state index contributed by atoms with van der Waals surface area (Å²) in [6.45, 7) is 0.500. The second kappa shape index (κ2) is 6.08. The summed E-state index contributed by atoms with van der Waals surface area (Å²) >= 11 is 0. The van der Waals surface area contributed by atoms with Crippen LogP contribution in [0.1, 0.15) is 51.4 Å². The Bertz CT molecular complexity index is 576. The topological polar surface area (TPSA) is 46.6 Å². The molecule has 4 nitrogen and oxygen atoms in total. The normalized spacial score (nSPS) is 26.5. The first-order valence-electron chi connectivity index (χ1n) is 8.50. The molecule has 0 aromatic carbocycles. The third kappa shape index (κ3) is 2.71. The van der Waals surface area contributed by atoms with Crippen molar-refractivity contribution in [1.82, 2.24) is 4.90 Å². The molecule has 1 aliphatic heterocycles. The van der Waals surface area contributed by atoms with E-state index in [1.807, 2.05) is 0 Å². The molecule has 1 atom stereocenters. The number of methoxy groups -OCH3 is 1. The molecule has 0 radical (unpaired) electrons. The summed E-state index contributed by atoms with van der Waals surface area (Å²) < 4.78 is 44.2. The van der Waals surface area contributed by atoms with Gasteiger partial charge in [0.15, 0.2) is 0 Å². The number of nitrogens with zero attached hydrogens (tertiary/aromatic N) is 1. The van der Waals surface area contributed by atoms with Gasteiger partial charge in [-0.2, -0.15) is 13.2 Å². The van der Waals surface area contributed by atoms with Crippen molar-refractivity contribution in [1.29, 1.82) is 0 Å². The molecule has 1 unspecified atom stereocenters. The number of alkyl halides is 3. The molecular formula is C17H22F3NO3. The summed E-state index contributed by atoms with van der Waals surface area (Å²) in [6, 6.07) is -0.568. The van der Waals surface area contributed by atoms with Crippen molar-refractivity contribution < 1.29 is 27.5 Å². The second-order valence-electron chi connectivity index (χ2n) is 7.04. The Kier molecular flexibility index (Phi) is 4.38. The van der Waals surface area contributed by atoms with Gasteiger partial charge in [0.2, 0.25) is 0 Å². The molecule has 0 bridgehead atoms. The maximum Gasteiger partial charge on any atom is 0.454 e. The van der Waals surface area contributed by atoms with Crippen LogP contribution in [0.2, 0.25) is 0 Å². The maximum absolute atomic E-state index is 13.1. The van der Waals surface area contributed by atoms with Crippen LogP contribution in [0.15, 0.2) is 11.3 Å². The smallest absolute Gasteiger partial charge is 0.454 e. The summed E-state index contributed by atoms with van der Waals surface area (Å²) in [6.07, 6.45) is 0.822. The van der Waals surface area contributed by atoms with Gasteiger partial charge >= 0.3 is 12.1 Å². The largest absolute Gasteiger partial charge is 0.467 e. The van der Waals surface area contributed by atoms with Gasteiger partial charge in [0.25, 0.3) is 5.78 Å². The van der Waals surface area contributed by atoms with Gasteiger partial charge in [-0.05, 0) is 32.1 Å².